The Labute approximate surface area is 122 Å². The van der Waals surface area contributed by atoms with Crippen LogP contribution in [0.15, 0.2) is 24.4 Å². The summed E-state index contributed by atoms with van der Waals surface area (Å²) in [4.78, 5) is 31.9. The van der Waals surface area contributed by atoms with E-state index in [0.29, 0.717) is 12.1 Å². The number of hydrogen-bond acceptors (Lipinski definition) is 4. The van der Waals surface area contributed by atoms with E-state index < -0.39 is 0 Å². The van der Waals surface area contributed by atoms with Gasteiger partial charge in [0.25, 0.3) is 0 Å². The van der Waals surface area contributed by atoms with Crippen molar-refractivity contribution in [1.82, 2.24) is 14.3 Å². The zero-order valence-corrected chi connectivity index (χ0v) is 11.6. The molecule has 1 amide bonds. The Bertz CT molecular complexity index is 724. The molecule has 6 nitrogen and oxygen atoms in total. The molecule has 0 aliphatic carbocycles. The van der Waals surface area contributed by atoms with Crippen molar-refractivity contribution >= 4 is 23.7 Å². The first-order chi connectivity index (χ1) is 10.3. The molecule has 0 N–H and O–H groups in total. The van der Waals surface area contributed by atoms with Gasteiger partial charge in [-0.15, -0.1) is 0 Å². The van der Waals surface area contributed by atoms with Crippen LogP contribution in [-0.4, -0.2) is 52.2 Å². The highest BCUT2D eigenvalue weighted by Gasteiger charge is 2.36. The van der Waals surface area contributed by atoms with Gasteiger partial charge in [0, 0.05) is 38.3 Å². The van der Waals surface area contributed by atoms with Gasteiger partial charge < -0.3 is 9.80 Å². The first kappa shape index (κ1) is 12.4. The average Bonchev–Trinajstić information content (AvgIpc) is 3.07. The van der Waals surface area contributed by atoms with Crippen molar-refractivity contribution in [3.63, 3.8) is 0 Å². The minimum absolute atomic E-state index is 0.255. The van der Waals surface area contributed by atoms with Crippen LogP contribution in [0.25, 0.3) is 5.65 Å². The second-order valence-corrected chi connectivity index (χ2v) is 5.59. The number of carbonyl (C=O) groups is 2. The van der Waals surface area contributed by atoms with E-state index in [4.69, 9.17) is 0 Å². The second-order valence-electron chi connectivity index (χ2n) is 5.59. The summed E-state index contributed by atoms with van der Waals surface area (Å²) in [6.45, 7) is 2.21. The highest BCUT2D eigenvalue weighted by Crippen LogP contribution is 2.27. The Morgan fingerprint density at radius 1 is 1.29 bits per heavy atom. The van der Waals surface area contributed by atoms with Crippen LogP contribution < -0.4 is 4.90 Å². The Morgan fingerprint density at radius 3 is 3.05 bits per heavy atom. The van der Waals surface area contributed by atoms with Gasteiger partial charge in [-0.3, -0.25) is 14.0 Å². The number of amides is 1. The van der Waals surface area contributed by atoms with Crippen molar-refractivity contribution < 1.29 is 9.59 Å². The Morgan fingerprint density at radius 2 is 2.19 bits per heavy atom. The predicted molar refractivity (Wildman–Crippen MR) is 77.5 cm³/mol. The molecule has 2 saturated heterocycles. The maximum atomic E-state index is 11.7. The van der Waals surface area contributed by atoms with Crippen LogP contribution in [0.1, 0.15) is 23.3 Å². The quantitative estimate of drug-likeness (QED) is 0.771. The monoisotopic (exact) mass is 284 g/mol. The van der Waals surface area contributed by atoms with Crippen molar-refractivity contribution in [1.29, 1.82) is 0 Å². The summed E-state index contributed by atoms with van der Waals surface area (Å²) in [5.41, 5.74) is 1.36. The molecular formula is C15H16N4O2. The fourth-order valence-corrected chi connectivity index (χ4v) is 3.40. The van der Waals surface area contributed by atoms with E-state index in [2.05, 4.69) is 9.88 Å². The molecule has 6 heteroatoms. The number of aromatic nitrogens is 2. The van der Waals surface area contributed by atoms with Crippen LogP contribution in [0.3, 0.4) is 0 Å². The average molecular weight is 284 g/mol. The predicted octanol–water partition coefficient (Wildman–Crippen LogP) is 0.958. The SMILES string of the molecule is O=Cc1c(N2CCN3C(=O)CCC3C2)nc2ccccn12. The van der Waals surface area contributed by atoms with Crippen LogP contribution in [0, 0.1) is 0 Å². The third kappa shape index (κ3) is 1.82. The number of pyridine rings is 1. The molecule has 108 valence electrons. The molecule has 2 fully saturated rings. The Hall–Kier alpha value is -2.37. The van der Waals surface area contributed by atoms with Crippen molar-refractivity contribution in [2.24, 2.45) is 0 Å². The maximum Gasteiger partial charge on any atom is 0.223 e. The van der Waals surface area contributed by atoms with Crippen molar-refractivity contribution in [2.75, 3.05) is 24.5 Å². The number of fused-ring (bicyclic) bond motifs is 2. The fourth-order valence-electron chi connectivity index (χ4n) is 3.40. The number of hydrogen-bond donors (Lipinski definition) is 0. The highest BCUT2D eigenvalue weighted by molar-refractivity contribution is 5.84. The van der Waals surface area contributed by atoms with Crippen molar-refractivity contribution in [3.8, 4) is 0 Å². The van der Waals surface area contributed by atoms with E-state index in [-0.39, 0.29) is 11.9 Å². The largest absolute Gasteiger partial charge is 0.351 e. The lowest BCUT2D eigenvalue weighted by atomic mass is 10.1. The summed E-state index contributed by atoms with van der Waals surface area (Å²) in [5, 5.41) is 0. The third-order valence-electron chi connectivity index (χ3n) is 4.45. The molecule has 1 atom stereocenters. The number of imidazole rings is 1. The topological polar surface area (TPSA) is 57.9 Å². The second kappa shape index (κ2) is 4.58. The molecule has 2 aromatic rings. The van der Waals surface area contributed by atoms with Gasteiger partial charge in [-0.05, 0) is 18.6 Å². The van der Waals surface area contributed by atoms with E-state index in [9.17, 15) is 9.59 Å². The molecule has 1 unspecified atom stereocenters. The van der Waals surface area contributed by atoms with Crippen LogP contribution in [0.4, 0.5) is 5.82 Å². The van der Waals surface area contributed by atoms with E-state index in [1.165, 1.54) is 0 Å². The lowest BCUT2D eigenvalue weighted by molar-refractivity contribution is -0.129. The van der Waals surface area contributed by atoms with Gasteiger partial charge in [0.15, 0.2) is 12.1 Å². The van der Waals surface area contributed by atoms with Gasteiger partial charge in [0.1, 0.15) is 11.3 Å². The first-order valence-corrected chi connectivity index (χ1v) is 7.24. The molecule has 4 rings (SSSR count). The number of nitrogens with zero attached hydrogens (tertiary/aromatic N) is 4. The summed E-state index contributed by atoms with van der Waals surface area (Å²) in [7, 11) is 0. The van der Waals surface area contributed by atoms with Crippen molar-refractivity contribution in [2.45, 2.75) is 18.9 Å². The van der Waals surface area contributed by atoms with E-state index in [0.717, 1.165) is 43.8 Å². The first-order valence-electron chi connectivity index (χ1n) is 7.24. The molecular weight excluding hydrogens is 268 g/mol. The molecule has 21 heavy (non-hydrogen) atoms. The summed E-state index contributed by atoms with van der Waals surface area (Å²) in [5.74, 6) is 0.987. The lowest BCUT2D eigenvalue weighted by Crippen LogP contribution is -2.51. The highest BCUT2D eigenvalue weighted by atomic mass is 16.2. The summed E-state index contributed by atoms with van der Waals surface area (Å²) >= 11 is 0. The summed E-state index contributed by atoms with van der Waals surface area (Å²) in [6.07, 6.45) is 4.26. The molecule has 0 saturated carbocycles. The number of carbonyl (C=O) groups excluding carboxylic acids is 2. The standard InChI is InChI=1S/C15H16N4O2/c20-10-12-15(16-13-3-1-2-6-19(12)13)17-7-8-18-11(9-17)4-5-14(18)21/h1-3,6,10-11H,4-5,7-9H2. The summed E-state index contributed by atoms with van der Waals surface area (Å²) in [6, 6.07) is 5.95. The Kier molecular flexibility index (Phi) is 2.70. The van der Waals surface area contributed by atoms with Gasteiger partial charge in [-0.25, -0.2) is 4.98 Å². The zero-order valence-electron chi connectivity index (χ0n) is 11.6. The summed E-state index contributed by atoms with van der Waals surface area (Å²) < 4.78 is 1.81. The molecule has 0 aromatic carbocycles. The number of piperazine rings is 1. The third-order valence-corrected chi connectivity index (χ3v) is 4.45. The molecule has 2 aromatic heterocycles. The minimum Gasteiger partial charge on any atom is -0.351 e. The Balaban J connectivity index is 1.71. The van der Waals surface area contributed by atoms with Gasteiger partial charge in [0.05, 0.1) is 0 Å². The molecule has 2 aliphatic heterocycles. The minimum atomic E-state index is 0.255. The maximum absolute atomic E-state index is 11.7. The van der Waals surface area contributed by atoms with Gasteiger partial charge in [-0.2, -0.15) is 0 Å². The van der Waals surface area contributed by atoms with Gasteiger partial charge >= 0.3 is 0 Å². The molecule has 0 spiro atoms. The molecule has 0 radical (unpaired) electrons. The van der Waals surface area contributed by atoms with Crippen molar-refractivity contribution in [3.05, 3.63) is 30.1 Å². The van der Waals surface area contributed by atoms with Gasteiger partial charge in [-0.1, -0.05) is 6.07 Å². The zero-order chi connectivity index (χ0) is 14.4. The number of anilines is 1. The normalized spacial score (nSPS) is 21.9. The van der Waals surface area contributed by atoms with Crippen LogP contribution in [-0.2, 0) is 4.79 Å². The number of aldehydes is 1. The van der Waals surface area contributed by atoms with Crippen LogP contribution in [0.2, 0.25) is 0 Å². The lowest BCUT2D eigenvalue weighted by Gasteiger charge is -2.37. The number of rotatable bonds is 2. The molecule has 2 aliphatic rings. The molecule has 0 bridgehead atoms. The molecule has 4 heterocycles. The van der Waals surface area contributed by atoms with E-state index in [1.54, 1.807) is 0 Å². The van der Waals surface area contributed by atoms with Crippen LogP contribution in [0.5, 0.6) is 0 Å². The van der Waals surface area contributed by atoms with E-state index in [1.807, 2.05) is 33.7 Å². The fraction of sp³-hybridized carbons (Fsp3) is 0.400. The van der Waals surface area contributed by atoms with E-state index >= 15 is 0 Å². The smallest absolute Gasteiger partial charge is 0.223 e. The van der Waals surface area contributed by atoms with Crippen LogP contribution >= 0.6 is 0 Å². The van der Waals surface area contributed by atoms with Gasteiger partial charge in [0.2, 0.25) is 5.91 Å².